The van der Waals surface area contributed by atoms with Crippen molar-refractivity contribution in [3.8, 4) is 0 Å². The number of hydrogen-bond donors (Lipinski definition) is 0. The Morgan fingerprint density at radius 2 is 0.866 bits per heavy atom. The van der Waals surface area contributed by atoms with E-state index in [2.05, 4.69) is 74.6 Å². The largest absolute Gasteiger partial charge is 0.756 e. The molecule has 0 aromatic rings. The van der Waals surface area contributed by atoms with E-state index in [1.54, 1.807) is 0 Å². The number of rotatable bonds is 52. The maximum absolute atomic E-state index is 12.8. The van der Waals surface area contributed by atoms with Crippen molar-refractivity contribution in [2.75, 3.05) is 54.1 Å². The second-order valence-electron chi connectivity index (χ2n) is 19.9. The first-order valence-electron chi connectivity index (χ1n) is 28.0. The number of carbonyl (C=O) groups is 1. The van der Waals surface area contributed by atoms with Gasteiger partial charge in [0.25, 0.3) is 7.82 Å². The zero-order chi connectivity index (χ0) is 49.0. The smallest absolute Gasteiger partial charge is 0.306 e. The Labute approximate surface area is 415 Å². The average Bonchev–Trinajstić information content (AvgIpc) is 3.29. The molecule has 0 aliphatic carbocycles. The molecule has 0 fully saturated rings. The standard InChI is InChI=1S/C58H108NO7P/c1-6-8-10-12-14-16-18-20-22-24-26-28-29-30-31-32-33-35-37-39-41-43-45-47-49-51-58(60)66-57(56-65-67(61,62)64-54-52-59(3,4)5)55-63-53-50-48-46-44-42-40-38-36-34-27-25-23-21-19-17-15-13-11-9-7-2/h8,10,14,16,20-23,26,28,57H,6-7,9,11-13,15,17-19,24-25,27,29-56H2,1-5H3/b10-8-,16-14-,22-20-,23-21-,28-26-. The highest BCUT2D eigenvalue weighted by atomic mass is 31.2. The van der Waals surface area contributed by atoms with Gasteiger partial charge < -0.3 is 27.9 Å². The number of ether oxygens (including phenoxy) is 2. The molecule has 0 aliphatic rings. The summed E-state index contributed by atoms with van der Waals surface area (Å²) in [5, 5.41) is 0. The fourth-order valence-corrected chi connectivity index (χ4v) is 8.50. The van der Waals surface area contributed by atoms with E-state index >= 15 is 0 Å². The summed E-state index contributed by atoms with van der Waals surface area (Å²) < 4.78 is 34.8. The molecular weight excluding hydrogens is 854 g/mol. The van der Waals surface area contributed by atoms with Gasteiger partial charge in [0.1, 0.15) is 19.3 Å². The van der Waals surface area contributed by atoms with E-state index in [9.17, 15) is 14.3 Å². The van der Waals surface area contributed by atoms with Gasteiger partial charge in [-0.2, -0.15) is 0 Å². The Morgan fingerprint density at radius 3 is 1.31 bits per heavy atom. The molecule has 0 saturated heterocycles. The number of carbonyl (C=O) groups excluding carboxylic acids is 1. The van der Waals surface area contributed by atoms with E-state index < -0.39 is 13.9 Å². The van der Waals surface area contributed by atoms with Gasteiger partial charge in [0, 0.05) is 13.0 Å². The first-order chi connectivity index (χ1) is 32.6. The van der Waals surface area contributed by atoms with Gasteiger partial charge in [-0.25, -0.2) is 0 Å². The number of phosphoric acid groups is 1. The van der Waals surface area contributed by atoms with Crippen molar-refractivity contribution in [3.63, 3.8) is 0 Å². The molecule has 0 aliphatic heterocycles. The number of allylic oxidation sites excluding steroid dienone is 10. The van der Waals surface area contributed by atoms with Crippen LogP contribution in [0.5, 0.6) is 0 Å². The monoisotopic (exact) mass is 962 g/mol. The van der Waals surface area contributed by atoms with Crippen molar-refractivity contribution in [1.29, 1.82) is 0 Å². The van der Waals surface area contributed by atoms with Crippen molar-refractivity contribution in [1.82, 2.24) is 0 Å². The summed E-state index contributed by atoms with van der Waals surface area (Å²) in [4.78, 5) is 25.2. The summed E-state index contributed by atoms with van der Waals surface area (Å²) in [5.74, 6) is -0.335. The van der Waals surface area contributed by atoms with Gasteiger partial charge in [0.15, 0.2) is 0 Å². The molecule has 0 N–H and O–H groups in total. The first-order valence-corrected chi connectivity index (χ1v) is 29.5. The topological polar surface area (TPSA) is 94.1 Å². The molecule has 0 radical (unpaired) electrons. The summed E-state index contributed by atoms with van der Waals surface area (Å²) in [6.45, 7) is 5.32. The van der Waals surface area contributed by atoms with Crippen LogP contribution in [0.1, 0.15) is 245 Å². The van der Waals surface area contributed by atoms with Crippen LogP contribution in [0, 0.1) is 0 Å². The maximum Gasteiger partial charge on any atom is 0.306 e. The Bertz CT molecular complexity index is 1260. The molecule has 0 aromatic carbocycles. The van der Waals surface area contributed by atoms with E-state index in [1.165, 1.54) is 167 Å². The van der Waals surface area contributed by atoms with Gasteiger partial charge >= 0.3 is 5.97 Å². The van der Waals surface area contributed by atoms with Crippen molar-refractivity contribution in [2.45, 2.75) is 251 Å². The van der Waals surface area contributed by atoms with Gasteiger partial charge in [0.05, 0.1) is 34.4 Å². The lowest BCUT2D eigenvalue weighted by Crippen LogP contribution is -2.37. The fourth-order valence-electron chi connectivity index (χ4n) is 7.77. The van der Waals surface area contributed by atoms with E-state index in [0.29, 0.717) is 24.1 Å². The summed E-state index contributed by atoms with van der Waals surface area (Å²) >= 11 is 0. The summed E-state index contributed by atoms with van der Waals surface area (Å²) in [6, 6.07) is 0. The molecule has 0 spiro atoms. The second kappa shape index (κ2) is 50.6. The number of esters is 1. The van der Waals surface area contributed by atoms with E-state index in [4.69, 9.17) is 18.5 Å². The molecule has 392 valence electrons. The second-order valence-corrected chi connectivity index (χ2v) is 21.3. The zero-order valence-electron chi connectivity index (χ0n) is 44.6. The third-order valence-corrected chi connectivity index (χ3v) is 13.0. The molecule has 0 amide bonds. The highest BCUT2D eigenvalue weighted by molar-refractivity contribution is 7.45. The van der Waals surface area contributed by atoms with Gasteiger partial charge in [-0.3, -0.25) is 9.36 Å². The number of likely N-dealkylation sites (N-methyl/N-ethyl adjacent to an activating group) is 1. The Balaban J connectivity index is 4.08. The molecule has 8 nitrogen and oxygen atoms in total. The highest BCUT2D eigenvalue weighted by Crippen LogP contribution is 2.38. The third kappa shape index (κ3) is 55.0. The summed E-state index contributed by atoms with van der Waals surface area (Å²) in [6.07, 6.45) is 65.4. The maximum atomic E-state index is 12.8. The van der Waals surface area contributed by atoms with Crippen LogP contribution < -0.4 is 4.89 Å². The Morgan fingerprint density at radius 1 is 0.478 bits per heavy atom. The molecule has 2 atom stereocenters. The summed E-state index contributed by atoms with van der Waals surface area (Å²) in [5.41, 5.74) is 0. The van der Waals surface area contributed by atoms with Gasteiger partial charge in [-0.15, -0.1) is 0 Å². The first kappa shape index (κ1) is 65.2. The van der Waals surface area contributed by atoms with Crippen molar-refractivity contribution >= 4 is 13.8 Å². The van der Waals surface area contributed by atoms with Crippen LogP contribution in [0.4, 0.5) is 0 Å². The van der Waals surface area contributed by atoms with Gasteiger partial charge in [-0.05, 0) is 77.0 Å². The minimum absolute atomic E-state index is 0.0245. The molecule has 2 unspecified atom stereocenters. The Hall–Kier alpha value is -1.80. The van der Waals surface area contributed by atoms with Crippen LogP contribution in [0.25, 0.3) is 0 Å². The quantitative estimate of drug-likeness (QED) is 0.0197. The molecule has 0 rings (SSSR count). The van der Waals surface area contributed by atoms with Gasteiger partial charge in [0.2, 0.25) is 0 Å². The van der Waals surface area contributed by atoms with Crippen LogP contribution in [0.3, 0.4) is 0 Å². The zero-order valence-corrected chi connectivity index (χ0v) is 45.5. The normalized spacial score (nSPS) is 13.9. The lowest BCUT2D eigenvalue weighted by atomic mass is 10.0. The minimum atomic E-state index is -4.54. The van der Waals surface area contributed by atoms with E-state index in [0.717, 1.165) is 57.8 Å². The molecule has 67 heavy (non-hydrogen) atoms. The number of phosphoric ester groups is 1. The van der Waals surface area contributed by atoms with Crippen LogP contribution in [-0.2, 0) is 27.9 Å². The number of nitrogens with zero attached hydrogens (tertiary/aromatic N) is 1. The van der Waals surface area contributed by atoms with Crippen LogP contribution >= 0.6 is 7.82 Å². The third-order valence-electron chi connectivity index (χ3n) is 12.1. The molecule has 0 saturated carbocycles. The molecule has 9 heteroatoms. The number of hydrogen-bond acceptors (Lipinski definition) is 7. The lowest BCUT2D eigenvalue weighted by Gasteiger charge is -2.28. The summed E-state index contributed by atoms with van der Waals surface area (Å²) in [7, 11) is 1.36. The fraction of sp³-hybridized carbons (Fsp3) is 0.810. The SMILES string of the molecule is CC/C=C\C/C=C\C/C=C\C/C=C\CCCCCCCCCCCCCCC(=O)OC(COCCCCCCCCCCCC/C=C\CCCCCCCC)COP(=O)([O-])OCC[N+](C)(C)C. The van der Waals surface area contributed by atoms with Crippen molar-refractivity contribution in [2.24, 2.45) is 0 Å². The predicted molar refractivity (Wildman–Crippen MR) is 286 cm³/mol. The average molecular weight is 962 g/mol. The lowest BCUT2D eigenvalue weighted by molar-refractivity contribution is -0.870. The predicted octanol–water partition coefficient (Wildman–Crippen LogP) is 17.0. The molecule has 0 heterocycles. The molecular formula is C58H108NO7P. The van der Waals surface area contributed by atoms with Crippen molar-refractivity contribution < 1.29 is 37.3 Å². The van der Waals surface area contributed by atoms with E-state index in [-0.39, 0.29) is 25.8 Å². The number of quaternary nitrogens is 1. The highest BCUT2D eigenvalue weighted by Gasteiger charge is 2.20. The Kier molecular flexibility index (Phi) is 49.2. The molecule has 0 aromatic heterocycles. The van der Waals surface area contributed by atoms with Crippen LogP contribution in [-0.4, -0.2) is 70.7 Å². The van der Waals surface area contributed by atoms with E-state index in [1.807, 2.05) is 21.1 Å². The van der Waals surface area contributed by atoms with Crippen LogP contribution in [0.15, 0.2) is 60.8 Å². The number of unbranched alkanes of at least 4 members (excludes halogenated alkanes) is 28. The minimum Gasteiger partial charge on any atom is -0.756 e. The van der Waals surface area contributed by atoms with Crippen LogP contribution in [0.2, 0.25) is 0 Å². The van der Waals surface area contributed by atoms with Crippen molar-refractivity contribution in [3.05, 3.63) is 60.8 Å². The van der Waals surface area contributed by atoms with Gasteiger partial charge in [-0.1, -0.05) is 222 Å². The molecule has 0 bridgehead atoms.